The molecule has 1 heterocycles. The van der Waals surface area contributed by atoms with Gasteiger partial charge in [-0.1, -0.05) is 206 Å². The van der Waals surface area contributed by atoms with Crippen LogP contribution in [-0.2, 0) is 5.41 Å². The van der Waals surface area contributed by atoms with E-state index >= 15 is 0 Å². The van der Waals surface area contributed by atoms with Gasteiger partial charge in [-0.15, -0.1) is 0 Å². The van der Waals surface area contributed by atoms with E-state index in [9.17, 15) is 0 Å². The Morgan fingerprint density at radius 3 is 1.39 bits per heavy atom. The van der Waals surface area contributed by atoms with E-state index in [1.165, 1.54) is 61.2 Å². The van der Waals surface area contributed by atoms with Crippen molar-refractivity contribution in [3.63, 3.8) is 0 Å². The molecule has 1 spiro atoms. The van der Waals surface area contributed by atoms with Crippen LogP contribution in [0.15, 0.2) is 241 Å². The van der Waals surface area contributed by atoms with Gasteiger partial charge in [-0.25, -0.2) is 0 Å². The van der Waals surface area contributed by atoms with Crippen LogP contribution in [0.4, 0.5) is 17.1 Å². The van der Waals surface area contributed by atoms with Crippen molar-refractivity contribution in [1.82, 2.24) is 0 Å². The van der Waals surface area contributed by atoms with Crippen LogP contribution in [0.2, 0.25) is 0 Å². The van der Waals surface area contributed by atoms with Crippen LogP contribution < -0.4 is 4.90 Å². The Hall–Kier alpha value is -7.94. The first-order valence-corrected chi connectivity index (χ1v) is 21.0. The Bertz CT molecular complexity index is 3220. The highest BCUT2D eigenvalue weighted by Crippen LogP contribution is 2.68. The highest BCUT2D eigenvalue weighted by Gasteiger charge is 2.56. The molecule has 2 heteroatoms. The first kappa shape index (κ1) is 35.0. The zero-order chi connectivity index (χ0) is 40.3. The average Bonchev–Trinajstić information content (AvgIpc) is 3.98. The fraction of sp³-hybridized carbons (Fsp3) is 0.0169. The number of hydrogen-bond donors (Lipinski definition) is 0. The molecule has 12 rings (SSSR count). The van der Waals surface area contributed by atoms with Crippen molar-refractivity contribution >= 4 is 17.1 Å². The Labute approximate surface area is 356 Å². The largest absolute Gasteiger partial charge is 0.455 e. The number of rotatable bonds is 7. The van der Waals surface area contributed by atoms with E-state index in [4.69, 9.17) is 4.42 Å². The topological polar surface area (TPSA) is 16.4 Å². The standard InChI is InChI=1S/C59H39NO/c1-5-19-40(20-6-1)42-35-37-46(38-36-42)60(47-28-17-27-45(39-47)41-21-7-2-8-22-41)53-34-18-33-52-54(53)48-29-13-15-31-50(48)59(52)51-32-16-14-30-49(51)55-56(59)58(44-25-11-4-12-26-44)61-57(55)43-23-9-3-10-24-43/h1-39H. The fourth-order valence-corrected chi connectivity index (χ4v) is 10.2. The maximum atomic E-state index is 7.24. The number of hydrogen-bond acceptors (Lipinski definition) is 2. The molecule has 286 valence electrons. The van der Waals surface area contributed by atoms with E-state index in [1.54, 1.807) is 0 Å². The lowest BCUT2D eigenvalue weighted by Gasteiger charge is -2.32. The molecule has 0 amide bonds. The lowest BCUT2D eigenvalue weighted by atomic mass is 9.70. The van der Waals surface area contributed by atoms with Gasteiger partial charge in [0.1, 0.15) is 11.5 Å². The summed E-state index contributed by atoms with van der Waals surface area (Å²) < 4.78 is 7.24. The minimum atomic E-state index is -0.649. The van der Waals surface area contributed by atoms with Crippen LogP contribution in [0.1, 0.15) is 22.3 Å². The summed E-state index contributed by atoms with van der Waals surface area (Å²) in [6.45, 7) is 0. The molecule has 0 bridgehead atoms. The normalized spacial score (nSPS) is 14.3. The summed E-state index contributed by atoms with van der Waals surface area (Å²) in [6, 6.07) is 85.6. The van der Waals surface area contributed by atoms with Crippen LogP contribution in [0, 0.1) is 0 Å². The zero-order valence-corrected chi connectivity index (χ0v) is 33.4. The summed E-state index contributed by atoms with van der Waals surface area (Å²) in [5, 5.41) is 0. The first-order chi connectivity index (χ1) is 30.3. The lowest BCUT2D eigenvalue weighted by Crippen LogP contribution is -2.26. The predicted octanol–water partition coefficient (Wildman–Crippen LogP) is 15.8. The van der Waals surface area contributed by atoms with Crippen molar-refractivity contribution in [3.05, 3.63) is 259 Å². The number of benzene rings is 9. The van der Waals surface area contributed by atoms with Crippen LogP contribution >= 0.6 is 0 Å². The zero-order valence-electron chi connectivity index (χ0n) is 33.4. The molecule has 0 aliphatic heterocycles. The van der Waals surface area contributed by atoms with Crippen LogP contribution in [-0.4, -0.2) is 0 Å². The minimum Gasteiger partial charge on any atom is -0.455 e. The lowest BCUT2D eigenvalue weighted by molar-refractivity contribution is 0.588. The third kappa shape index (κ3) is 5.36. The van der Waals surface area contributed by atoms with Gasteiger partial charge in [0.15, 0.2) is 0 Å². The van der Waals surface area contributed by atoms with Gasteiger partial charge in [0.25, 0.3) is 0 Å². The molecule has 9 aromatic carbocycles. The Balaban J connectivity index is 1.16. The van der Waals surface area contributed by atoms with Crippen LogP contribution in [0.5, 0.6) is 0 Å². The molecule has 0 N–H and O–H groups in total. The van der Waals surface area contributed by atoms with Crippen molar-refractivity contribution in [1.29, 1.82) is 0 Å². The molecule has 0 fully saturated rings. The Kier molecular flexibility index (Phi) is 8.11. The van der Waals surface area contributed by atoms with Gasteiger partial charge >= 0.3 is 0 Å². The molecule has 0 saturated carbocycles. The number of anilines is 3. The molecule has 1 atom stereocenters. The molecule has 1 aromatic heterocycles. The van der Waals surface area contributed by atoms with E-state index < -0.39 is 5.41 Å². The van der Waals surface area contributed by atoms with E-state index in [0.717, 1.165) is 45.3 Å². The quantitative estimate of drug-likeness (QED) is 0.160. The van der Waals surface area contributed by atoms with Gasteiger partial charge in [0.2, 0.25) is 0 Å². The number of furan rings is 1. The van der Waals surface area contributed by atoms with E-state index in [2.05, 4.69) is 241 Å². The Morgan fingerprint density at radius 1 is 0.311 bits per heavy atom. The molecular weight excluding hydrogens is 739 g/mol. The molecule has 0 radical (unpaired) electrons. The summed E-state index contributed by atoms with van der Waals surface area (Å²) in [5.41, 5.74) is 19.3. The van der Waals surface area contributed by atoms with Gasteiger partial charge < -0.3 is 9.32 Å². The van der Waals surface area contributed by atoms with E-state index in [0.29, 0.717) is 0 Å². The average molecular weight is 778 g/mol. The molecule has 2 nitrogen and oxygen atoms in total. The second-order valence-corrected chi connectivity index (χ2v) is 15.9. The van der Waals surface area contributed by atoms with Crippen molar-refractivity contribution in [2.75, 3.05) is 4.90 Å². The first-order valence-electron chi connectivity index (χ1n) is 21.0. The molecule has 61 heavy (non-hydrogen) atoms. The number of nitrogens with zero attached hydrogens (tertiary/aromatic N) is 1. The van der Waals surface area contributed by atoms with Gasteiger partial charge in [-0.2, -0.15) is 0 Å². The number of fused-ring (bicyclic) bond motifs is 10. The molecule has 1 unspecified atom stereocenters. The maximum Gasteiger partial charge on any atom is 0.142 e. The smallest absolute Gasteiger partial charge is 0.142 e. The van der Waals surface area contributed by atoms with Gasteiger partial charge in [0.05, 0.1) is 11.1 Å². The monoisotopic (exact) mass is 777 g/mol. The van der Waals surface area contributed by atoms with Gasteiger partial charge in [-0.05, 0) is 80.4 Å². The van der Waals surface area contributed by atoms with Crippen molar-refractivity contribution < 1.29 is 4.42 Å². The Morgan fingerprint density at radius 2 is 0.770 bits per heavy atom. The second kappa shape index (κ2) is 14.1. The van der Waals surface area contributed by atoms with Crippen molar-refractivity contribution in [2.45, 2.75) is 5.41 Å². The van der Waals surface area contributed by atoms with Crippen LogP contribution in [0.25, 0.3) is 67.2 Å². The highest BCUT2D eigenvalue weighted by atomic mass is 16.3. The molecule has 10 aromatic rings. The van der Waals surface area contributed by atoms with Gasteiger partial charge in [0, 0.05) is 39.2 Å². The SMILES string of the molecule is c1ccc(-c2ccc(N(c3cccc(-c4ccccc4)c3)c3cccc4c3-c3ccccc3C43c4ccccc4-c4c(-c5ccccc5)oc(-c5ccccc5)c43)cc2)cc1. The van der Waals surface area contributed by atoms with E-state index in [1.807, 2.05) is 0 Å². The van der Waals surface area contributed by atoms with Crippen molar-refractivity contribution in [3.8, 4) is 67.2 Å². The molecular formula is C59H39NO. The van der Waals surface area contributed by atoms with Crippen LogP contribution in [0.3, 0.4) is 0 Å². The second-order valence-electron chi connectivity index (χ2n) is 15.9. The molecule has 2 aliphatic rings. The highest BCUT2D eigenvalue weighted by molar-refractivity contribution is 6.05. The van der Waals surface area contributed by atoms with Crippen molar-refractivity contribution in [2.24, 2.45) is 0 Å². The summed E-state index contributed by atoms with van der Waals surface area (Å²) in [4.78, 5) is 2.46. The summed E-state index contributed by atoms with van der Waals surface area (Å²) in [7, 11) is 0. The molecule has 0 saturated heterocycles. The minimum absolute atomic E-state index is 0.649. The van der Waals surface area contributed by atoms with E-state index in [-0.39, 0.29) is 0 Å². The van der Waals surface area contributed by atoms with Gasteiger partial charge in [-0.3, -0.25) is 0 Å². The summed E-state index contributed by atoms with van der Waals surface area (Å²) in [6.07, 6.45) is 0. The summed E-state index contributed by atoms with van der Waals surface area (Å²) in [5.74, 6) is 1.81. The third-order valence-corrected chi connectivity index (χ3v) is 12.7. The predicted molar refractivity (Wildman–Crippen MR) is 251 cm³/mol. The third-order valence-electron chi connectivity index (χ3n) is 12.7. The summed E-state index contributed by atoms with van der Waals surface area (Å²) >= 11 is 0. The fourth-order valence-electron chi connectivity index (χ4n) is 10.2. The molecule has 2 aliphatic carbocycles. The maximum absolute atomic E-state index is 7.24.